The quantitative estimate of drug-likeness (QED) is 0.309. The van der Waals surface area contributed by atoms with E-state index in [1.165, 1.54) is 67.3 Å². The summed E-state index contributed by atoms with van der Waals surface area (Å²) in [6.45, 7) is 4.50. The van der Waals surface area contributed by atoms with E-state index in [1.54, 1.807) is 0 Å². The van der Waals surface area contributed by atoms with E-state index in [-0.39, 0.29) is 0 Å². The molecule has 2 nitrogen and oxygen atoms in total. The van der Waals surface area contributed by atoms with E-state index in [0.717, 1.165) is 12.8 Å². The van der Waals surface area contributed by atoms with E-state index in [2.05, 4.69) is 97.3 Å². The second kappa shape index (κ2) is 6.50. The topological polar surface area (TPSA) is 24.1 Å². The van der Waals surface area contributed by atoms with Gasteiger partial charge in [0.15, 0.2) is 0 Å². The van der Waals surface area contributed by atoms with Crippen LogP contribution in [0.15, 0.2) is 72.8 Å². The number of hydrogen-bond acceptors (Lipinski definition) is 2. The first-order valence-electron chi connectivity index (χ1n) is 10.6. The molecular weight excluding hydrogens is 364 g/mol. The lowest BCUT2D eigenvalue weighted by Gasteiger charge is -2.29. The van der Waals surface area contributed by atoms with Crippen molar-refractivity contribution < 1.29 is 0 Å². The zero-order valence-electron chi connectivity index (χ0n) is 17.3. The van der Waals surface area contributed by atoms with Crippen molar-refractivity contribution in [2.75, 3.05) is 10.6 Å². The summed E-state index contributed by atoms with van der Waals surface area (Å²) in [5, 5.41) is 7.35. The highest BCUT2D eigenvalue weighted by Crippen LogP contribution is 2.46. The Balaban J connectivity index is 1.57. The normalized spacial score (nSPS) is 13.3. The second-order valence-electron chi connectivity index (χ2n) is 8.48. The van der Waals surface area contributed by atoms with Crippen molar-refractivity contribution in [3.8, 4) is 11.1 Å². The third kappa shape index (κ3) is 2.57. The van der Waals surface area contributed by atoms with E-state index in [0.29, 0.717) is 0 Å². The van der Waals surface area contributed by atoms with Crippen LogP contribution in [-0.4, -0.2) is 0 Å². The lowest BCUT2D eigenvalue weighted by atomic mass is 9.81. The summed E-state index contributed by atoms with van der Waals surface area (Å²) in [7, 11) is 0. The molecule has 6 rings (SSSR count). The van der Waals surface area contributed by atoms with Gasteiger partial charge in [0.1, 0.15) is 0 Å². The summed E-state index contributed by atoms with van der Waals surface area (Å²) < 4.78 is 0. The standard InChI is InChI=1S/C28H24N2/c1-17-11-13-25-21(15-19-7-3-5-9-23(19)29-25)27(17)28-18(2)12-14-26-22(28)16-20-8-4-6-10-24(20)30-26/h3-14,29-30H,15-16H2,1-2H3. The maximum atomic E-state index is 3.68. The number of fused-ring (bicyclic) bond motifs is 4. The molecule has 2 heterocycles. The summed E-state index contributed by atoms with van der Waals surface area (Å²) >= 11 is 0. The maximum Gasteiger partial charge on any atom is 0.0426 e. The fourth-order valence-electron chi connectivity index (χ4n) is 5.09. The molecular formula is C28H24N2. The lowest BCUT2D eigenvalue weighted by molar-refractivity contribution is 1.12. The summed E-state index contributed by atoms with van der Waals surface area (Å²) in [6, 6.07) is 26.3. The zero-order chi connectivity index (χ0) is 20.2. The van der Waals surface area contributed by atoms with Gasteiger partial charge in [-0.25, -0.2) is 0 Å². The molecule has 0 spiro atoms. The highest BCUT2D eigenvalue weighted by Gasteiger charge is 2.25. The third-order valence-electron chi connectivity index (χ3n) is 6.60. The number of hydrogen-bond donors (Lipinski definition) is 2. The van der Waals surface area contributed by atoms with Gasteiger partial charge < -0.3 is 10.6 Å². The highest BCUT2D eigenvalue weighted by atomic mass is 14.9. The zero-order valence-corrected chi connectivity index (χ0v) is 17.3. The summed E-state index contributed by atoms with van der Waals surface area (Å²) in [5.74, 6) is 0. The van der Waals surface area contributed by atoms with E-state index >= 15 is 0 Å². The number of para-hydroxylation sites is 2. The molecule has 0 saturated carbocycles. The van der Waals surface area contributed by atoms with Gasteiger partial charge in [0, 0.05) is 35.6 Å². The lowest BCUT2D eigenvalue weighted by Crippen LogP contribution is -2.12. The molecule has 30 heavy (non-hydrogen) atoms. The molecule has 0 unspecified atom stereocenters. The molecule has 0 aliphatic carbocycles. The van der Waals surface area contributed by atoms with Crippen LogP contribution in [0.1, 0.15) is 33.4 Å². The van der Waals surface area contributed by atoms with Gasteiger partial charge in [-0.2, -0.15) is 0 Å². The molecule has 2 heteroatoms. The van der Waals surface area contributed by atoms with Gasteiger partial charge in [-0.1, -0.05) is 48.5 Å². The van der Waals surface area contributed by atoms with E-state index in [4.69, 9.17) is 0 Å². The first-order valence-corrected chi connectivity index (χ1v) is 10.6. The molecule has 0 fully saturated rings. The van der Waals surface area contributed by atoms with Crippen LogP contribution >= 0.6 is 0 Å². The Hall–Kier alpha value is -3.52. The van der Waals surface area contributed by atoms with Crippen LogP contribution < -0.4 is 10.6 Å². The summed E-state index contributed by atoms with van der Waals surface area (Å²) in [6.07, 6.45) is 1.92. The van der Waals surface area contributed by atoms with E-state index in [9.17, 15) is 0 Å². The largest absolute Gasteiger partial charge is 0.355 e. The van der Waals surface area contributed by atoms with Crippen LogP contribution in [0, 0.1) is 13.8 Å². The highest BCUT2D eigenvalue weighted by molar-refractivity contribution is 5.89. The van der Waals surface area contributed by atoms with Gasteiger partial charge in [-0.05, 0) is 82.6 Å². The number of aryl methyl sites for hydroxylation is 2. The first-order chi connectivity index (χ1) is 14.7. The Bertz CT molecular complexity index is 1210. The van der Waals surface area contributed by atoms with Crippen molar-refractivity contribution in [3.05, 3.63) is 106 Å². The first kappa shape index (κ1) is 17.3. The Labute approximate surface area is 177 Å². The third-order valence-corrected chi connectivity index (χ3v) is 6.60. The monoisotopic (exact) mass is 388 g/mol. The van der Waals surface area contributed by atoms with Crippen molar-refractivity contribution in [1.82, 2.24) is 0 Å². The van der Waals surface area contributed by atoms with Crippen molar-refractivity contribution in [2.45, 2.75) is 26.7 Å². The summed E-state index contributed by atoms with van der Waals surface area (Å²) in [4.78, 5) is 0. The van der Waals surface area contributed by atoms with Crippen LogP contribution in [0.3, 0.4) is 0 Å². The minimum atomic E-state index is 0.961. The minimum Gasteiger partial charge on any atom is -0.355 e. The summed E-state index contributed by atoms with van der Waals surface area (Å²) in [5.41, 5.74) is 15.9. The average Bonchev–Trinajstić information content (AvgIpc) is 2.77. The molecule has 4 aromatic rings. The maximum absolute atomic E-state index is 3.68. The van der Waals surface area contributed by atoms with Crippen LogP contribution in [0.25, 0.3) is 11.1 Å². The fourth-order valence-corrected chi connectivity index (χ4v) is 5.09. The predicted molar refractivity (Wildman–Crippen MR) is 126 cm³/mol. The molecule has 0 atom stereocenters. The molecule has 0 radical (unpaired) electrons. The van der Waals surface area contributed by atoms with Crippen LogP contribution in [0.4, 0.5) is 22.7 Å². The predicted octanol–water partition coefficient (Wildman–Crippen LogP) is 7.27. The molecule has 2 aliphatic heterocycles. The van der Waals surface area contributed by atoms with E-state index in [1.807, 2.05) is 0 Å². The van der Waals surface area contributed by atoms with Crippen molar-refractivity contribution in [2.24, 2.45) is 0 Å². The molecule has 0 saturated heterocycles. The van der Waals surface area contributed by atoms with Gasteiger partial charge in [0.2, 0.25) is 0 Å². The van der Waals surface area contributed by atoms with Crippen molar-refractivity contribution >= 4 is 22.7 Å². The molecule has 0 bridgehead atoms. The Morgan fingerprint density at radius 3 is 1.40 bits per heavy atom. The Morgan fingerprint density at radius 2 is 0.933 bits per heavy atom. The molecule has 146 valence electrons. The molecule has 2 aliphatic rings. The van der Waals surface area contributed by atoms with Crippen molar-refractivity contribution in [1.29, 1.82) is 0 Å². The van der Waals surface area contributed by atoms with Crippen LogP contribution in [0.5, 0.6) is 0 Å². The van der Waals surface area contributed by atoms with Gasteiger partial charge in [-0.15, -0.1) is 0 Å². The Kier molecular flexibility index (Phi) is 3.76. The number of rotatable bonds is 1. The molecule has 0 aromatic heterocycles. The smallest absolute Gasteiger partial charge is 0.0426 e. The van der Waals surface area contributed by atoms with Crippen molar-refractivity contribution in [3.63, 3.8) is 0 Å². The fraction of sp³-hybridized carbons (Fsp3) is 0.143. The van der Waals surface area contributed by atoms with Gasteiger partial charge in [0.05, 0.1) is 0 Å². The molecule has 0 amide bonds. The van der Waals surface area contributed by atoms with Crippen LogP contribution in [0.2, 0.25) is 0 Å². The van der Waals surface area contributed by atoms with Gasteiger partial charge in [-0.3, -0.25) is 0 Å². The minimum absolute atomic E-state index is 0.961. The SMILES string of the molecule is Cc1ccc2c(c1-c1c(C)ccc3c1Cc1ccccc1N3)Cc1ccccc1N2. The van der Waals surface area contributed by atoms with Gasteiger partial charge in [0.25, 0.3) is 0 Å². The van der Waals surface area contributed by atoms with Crippen LogP contribution in [-0.2, 0) is 12.8 Å². The number of anilines is 4. The molecule has 4 aromatic carbocycles. The second-order valence-corrected chi connectivity index (χ2v) is 8.48. The molecule has 2 N–H and O–H groups in total. The van der Waals surface area contributed by atoms with Gasteiger partial charge >= 0.3 is 0 Å². The Morgan fingerprint density at radius 1 is 0.500 bits per heavy atom. The average molecular weight is 389 g/mol. The number of nitrogens with one attached hydrogen (secondary N) is 2. The van der Waals surface area contributed by atoms with E-state index < -0.39 is 0 Å². The number of benzene rings is 4.